The molecule has 0 aliphatic carbocycles. The van der Waals surface area contributed by atoms with Gasteiger partial charge in [-0.25, -0.2) is 9.29 Å². The molecule has 35 heavy (non-hydrogen) atoms. The molecule has 2 saturated heterocycles. The number of rotatable bonds is 8. The summed E-state index contributed by atoms with van der Waals surface area (Å²) < 4.78 is 19.1. The zero-order chi connectivity index (χ0) is 25.3. The molecule has 4 rings (SSSR count). The summed E-state index contributed by atoms with van der Waals surface area (Å²) in [6.45, 7) is 5.20. The second-order valence-electron chi connectivity index (χ2n) is 9.09. The van der Waals surface area contributed by atoms with E-state index in [2.05, 4.69) is 5.32 Å². The standard InChI is InChI=1S/C27H29FN2O5/c1-4-6-14-27(26(34)35-5-2)22-21(23(29-27)17-10-12-19(28)13-11-17)24(32)30(25(22)33)20-9-7-8-18(15-20)16(3)31/h7-13,15,21-23,29H,4-6,14H2,1-3H3/t21-,22-,23-,27+/m0/s1. The van der Waals surface area contributed by atoms with Crippen molar-refractivity contribution in [2.45, 2.75) is 51.6 Å². The van der Waals surface area contributed by atoms with Gasteiger partial charge in [0.25, 0.3) is 0 Å². The Hall–Kier alpha value is -3.39. The lowest BCUT2D eigenvalue weighted by atomic mass is 9.76. The molecule has 2 heterocycles. The van der Waals surface area contributed by atoms with Crippen LogP contribution in [0.2, 0.25) is 0 Å². The Bertz CT molecular complexity index is 1160. The molecule has 2 amide bonds. The molecule has 0 aromatic heterocycles. The number of halogens is 1. The number of hydrogen-bond donors (Lipinski definition) is 1. The van der Waals surface area contributed by atoms with Crippen LogP contribution in [0.25, 0.3) is 0 Å². The van der Waals surface area contributed by atoms with E-state index in [1.807, 2.05) is 6.92 Å². The number of carbonyl (C=O) groups is 4. The molecule has 0 bridgehead atoms. The van der Waals surface area contributed by atoms with E-state index in [9.17, 15) is 23.6 Å². The van der Waals surface area contributed by atoms with Crippen LogP contribution in [0.15, 0.2) is 48.5 Å². The summed E-state index contributed by atoms with van der Waals surface area (Å²) in [4.78, 5) is 54.2. The van der Waals surface area contributed by atoms with Gasteiger partial charge in [0.15, 0.2) is 5.78 Å². The fourth-order valence-corrected chi connectivity index (χ4v) is 5.31. The first-order valence-electron chi connectivity index (χ1n) is 11.9. The fraction of sp³-hybridized carbons (Fsp3) is 0.407. The van der Waals surface area contributed by atoms with Gasteiger partial charge in [0.05, 0.1) is 24.1 Å². The number of anilines is 1. The van der Waals surface area contributed by atoms with Crippen LogP contribution in [0.1, 0.15) is 62.0 Å². The number of nitrogens with zero attached hydrogens (tertiary/aromatic N) is 1. The Morgan fingerprint density at radius 1 is 1.09 bits per heavy atom. The molecule has 2 fully saturated rings. The molecule has 8 heteroatoms. The van der Waals surface area contributed by atoms with E-state index in [1.165, 1.54) is 25.1 Å². The minimum atomic E-state index is -1.41. The van der Waals surface area contributed by atoms with Crippen LogP contribution < -0.4 is 10.2 Å². The second-order valence-corrected chi connectivity index (χ2v) is 9.09. The highest BCUT2D eigenvalue weighted by Gasteiger charge is 2.68. The average molecular weight is 481 g/mol. The normalized spacial score (nSPS) is 25.6. The number of carbonyl (C=O) groups excluding carboxylic acids is 4. The van der Waals surface area contributed by atoms with Crippen molar-refractivity contribution in [2.75, 3.05) is 11.5 Å². The van der Waals surface area contributed by atoms with Crippen molar-refractivity contribution in [1.82, 2.24) is 5.32 Å². The molecule has 0 unspecified atom stereocenters. The number of ether oxygens (including phenoxy) is 1. The quantitative estimate of drug-likeness (QED) is 0.349. The maximum atomic E-state index is 13.9. The Morgan fingerprint density at radius 2 is 1.80 bits per heavy atom. The van der Waals surface area contributed by atoms with Crippen LogP contribution >= 0.6 is 0 Å². The van der Waals surface area contributed by atoms with Gasteiger partial charge < -0.3 is 4.74 Å². The Morgan fingerprint density at radius 3 is 2.43 bits per heavy atom. The molecule has 2 aromatic rings. The van der Waals surface area contributed by atoms with Gasteiger partial charge in [0.2, 0.25) is 11.8 Å². The topological polar surface area (TPSA) is 92.8 Å². The molecule has 1 N–H and O–H groups in total. The molecule has 0 radical (unpaired) electrons. The third kappa shape index (κ3) is 4.16. The maximum Gasteiger partial charge on any atom is 0.327 e. The molecule has 0 saturated carbocycles. The first-order valence-corrected chi connectivity index (χ1v) is 11.9. The summed E-state index contributed by atoms with van der Waals surface area (Å²) in [6, 6.07) is 11.3. The minimum absolute atomic E-state index is 0.125. The highest BCUT2D eigenvalue weighted by Crippen LogP contribution is 2.51. The van der Waals surface area contributed by atoms with E-state index in [4.69, 9.17) is 4.74 Å². The largest absolute Gasteiger partial charge is 0.465 e. The first-order chi connectivity index (χ1) is 16.7. The molecule has 4 atom stereocenters. The summed E-state index contributed by atoms with van der Waals surface area (Å²) in [5.74, 6) is -4.07. The van der Waals surface area contributed by atoms with Crippen molar-refractivity contribution >= 4 is 29.3 Å². The van der Waals surface area contributed by atoms with Crippen LogP contribution in [0.5, 0.6) is 0 Å². The Balaban J connectivity index is 1.86. The zero-order valence-corrected chi connectivity index (χ0v) is 20.0. The van der Waals surface area contributed by atoms with Gasteiger partial charge in [-0.1, -0.05) is 44.0 Å². The lowest BCUT2D eigenvalue weighted by molar-refractivity contribution is -0.155. The molecule has 2 aliphatic rings. The molecular formula is C27H29FN2O5. The highest BCUT2D eigenvalue weighted by molar-refractivity contribution is 6.24. The number of nitrogens with one attached hydrogen (secondary N) is 1. The monoisotopic (exact) mass is 480 g/mol. The van der Waals surface area contributed by atoms with Crippen molar-refractivity contribution in [3.63, 3.8) is 0 Å². The number of unbranched alkanes of at least 4 members (excludes halogenated alkanes) is 1. The van der Waals surface area contributed by atoms with Crippen molar-refractivity contribution in [3.05, 3.63) is 65.5 Å². The lowest BCUT2D eigenvalue weighted by Crippen LogP contribution is -2.56. The Kier molecular flexibility index (Phi) is 6.85. The summed E-state index contributed by atoms with van der Waals surface area (Å²) >= 11 is 0. The zero-order valence-electron chi connectivity index (χ0n) is 20.0. The number of hydrogen-bond acceptors (Lipinski definition) is 6. The molecule has 2 aromatic carbocycles. The number of esters is 1. The number of imide groups is 1. The SMILES string of the molecule is CCCC[C@@]1(C(=O)OCC)N[C@@H](c2ccc(F)cc2)[C@H]2C(=O)N(c3cccc(C(C)=O)c3)C(=O)[C@H]21. The number of amides is 2. The van der Waals surface area contributed by atoms with E-state index in [0.717, 1.165) is 11.3 Å². The van der Waals surface area contributed by atoms with Crippen molar-refractivity contribution in [1.29, 1.82) is 0 Å². The number of ketones is 1. The number of fused-ring (bicyclic) bond motifs is 1. The third-order valence-corrected chi connectivity index (χ3v) is 6.96. The van der Waals surface area contributed by atoms with Crippen LogP contribution in [0.4, 0.5) is 10.1 Å². The van der Waals surface area contributed by atoms with E-state index in [1.54, 1.807) is 37.3 Å². The van der Waals surface area contributed by atoms with Gasteiger partial charge in [-0.3, -0.25) is 24.5 Å². The van der Waals surface area contributed by atoms with Crippen LogP contribution in [-0.2, 0) is 19.1 Å². The lowest BCUT2D eigenvalue weighted by Gasteiger charge is -2.33. The van der Waals surface area contributed by atoms with E-state index >= 15 is 0 Å². The van der Waals surface area contributed by atoms with Crippen molar-refractivity contribution in [3.8, 4) is 0 Å². The predicted molar refractivity (Wildman–Crippen MR) is 127 cm³/mol. The van der Waals surface area contributed by atoms with Crippen LogP contribution in [-0.4, -0.2) is 35.7 Å². The van der Waals surface area contributed by atoms with Gasteiger partial charge in [-0.15, -0.1) is 0 Å². The highest BCUT2D eigenvalue weighted by atomic mass is 19.1. The number of Topliss-reactive ketones (excluding diaryl/α,β-unsaturated/α-hetero) is 1. The van der Waals surface area contributed by atoms with Gasteiger partial charge in [0.1, 0.15) is 11.4 Å². The van der Waals surface area contributed by atoms with Crippen LogP contribution in [0, 0.1) is 17.7 Å². The molecule has 184 valence electrons. The van der Waals surface area contributed by atoms with Crippen molar-refractivity contribution < 1.29 is 28.3 Å². The molecular weight excluding hydrogens is 451 g/mol. The van der Waals surface area contributed by atoms with Gasteiger partial charge in [-0.2, -0.15) is 0 Å². The fourth-order valence-electron chi connectivity index (χ4n) is 5.31. The summed E-state index contributed by atoms with van der Waals surface area (Å²) in [5, 5.41) is 3.30. The summed E-state index contributed by atoms with van der Waals surface area (Å²) in [5.41, 5.74) is -0.149. The van der Waals surface area contributed by atoms with E-state index in [0.29, 0.717) is 24.0 Å². The Labute approximate surface area is 203 Å². The van der Waals surface area contributed by atoms with Gasteiger partial charge in [-0.05, 0) is 50.1 Å². The molecule has 0 spiro atoms. The van der Waals surface area contributed by atoms with Gasteiger partial charge >= 0.3 is 5.97 Å². The second kappa shape index (κ2) is 9.70. The van der Waals surface area contributed by atoms with Crippen molar-refractivity contribution in [2.24, 2.45) is 11.8 Å². The average Bonchev–Trinajstić information content (AvgIpc) is 3.32. The molecule has 7 nitrogen and oxygen atoms in total. The number of benzene rings is 2. The summed E-state index contributed by atoms with van der Waals surface area (Å²) in [7, 11) is 0. The van der Waals surface area contributed by atoms with E-state index < -0.39 is 47.0 Å². The van der Waals surface area contributed by atoms with Gasteiger partial charge in [0, 0.05) is 11.6 Å². The smallest absolute Gasteiger partial charge is 0.327 e. The molecule has 2 aliphatic heterocycles. The first kappa shape index (κ1) is 24.7. The summed E-state index contributed by atoms with van der Waals surface area (Å²) in [6.07, 6.45) is 1.71. The van der Waals surface area contributed by atoms with Crippen LogP contribution in [0.3, 0.4) is 0 Å². The maximum absolute atomic E-state index is 13.9. The predicted octanol–water partition coefficient (Wildman–Crippen LogP) is 3.97. The van der Waals surface area contributed by atoms with E-state index in [-0.39, 0.29) is 18.1 Å². The third-order valence-electron chi connectivity index (χ3n) is 6.96. The minimum Gasteiger partial charge on any atom is -0.465 e.